The van der Waals surface area contributed by atoms with Gasteiger partial charge in [-0.05, 0) is 50.6 Å². The van der Waals surface area contributed by atoms with Gasteiger partial charge in [0, 0.05) is 38.7 Å². The van der Waals surface area contributed by atoms with Gasteiger partial charge in [-0.25, -0.2) is 0 Å². The highest BCUT2D eigenvalue weighted by molar-refractivity contribution is 5.94. The van der Waals surface area contributed by atoms with Crippen LogP contribution in [0.1, 0.15) is 48.0 Å². The minimum atomic E-state index is -0.0245. The highest BCUT2D eigenvalue weighted by Crippen LogP contribution is 2.18. The Labute approximate surface area is 145 Å². The summed E-state index contributed by atoms with van der Waals surface area (Å²) in [5.41, 5.74) is 1.60. The van der Waals surface area contributed by atoms with Crippen LogP contribution in [-0.4, -0.2) is 55.3 Å². The van der Waals surface area contributed by atoms with Crippen LogP contribution >= 0.6 is 0 Å². The van der Waals surface area contributed by atoms with E-state index in [0.29, 0.717) is 24.6 Å². The zero-order chi connectivity index (χ0) is 17.5. The van der Waals surface area contributed by atoms with Crippen LogP contribution in [0.25, 0.3) is 0 Å². The maximum atomic E-state index is 12.1. The number of nitrogens with zero attached hydrogens (tertiary/aromatic N) is 2. The Morgan fingerprint density at radius 1 is 1.29 bits per heavy atom. The fourth-order valence-electron chi connectivity index (χ4n) is 3.17. The van der Waals surface area contributed by atoms with E-state index in [-0.39, 0.29) is 11.8 Å². The third-order valence-corrected chi connectivity index (χ3v) is 4.70. The van der Waals surface area contributed by atoms with Crippen LogP contribution in [-0.2, 0) is 11.3 Å². The van der Waals surface area contributed by atoms with Gasteiger partial charge in [0.2, 0.25) is 5.91 Å². The Kier molecular flexibility index (Phi) is 6.79. The summed E-state index contributed by atoms with van der Waals surface area (Å²) in [6.07, 6.45) is 5.20. The van der Waals surface area contributed by atoms with Crippen LogP contribution in [0.5, 0.6) is 0 Å². The lowest BCUT2D eigenvalue weighted by Crippen LogP contribution is -2.37. The topological polar surface area (TPSA) is 52.7 Å². The highest BCUT2D eigenvalue weighted by atomic mass is 16.2. The number of benzene rings is 1. The lowest BCUT2D eigenvalue weighted by atomic mass is 9.98. The zero-order valence-electron chi connectivity index (χ0n) is 15.0. The second kappa shape index (κ2) is 8.83. The molecule has 0 aromatic heterocycles. The second-order valence-electron chi connectivity index (χ2n) is 6.85. The summed E-state index contributed by atoms with van der Waals surface area (Å²) >= 11 is 0. The van der Waals surface area contributed by atoms with Crippen molar-refractivity contribution in [3.8, 4) is 0 Å². The number of piperidine rings is 1. The normalized spacial score (nSPS) is 18.2. The molecule has 0 saturated carbocycles. The molecule has 5 heteroatoms. The van der Waals surface area contributed by atoms with E-state index in [9.17, 15) is 9.59 Å². The molecule has 1 atom stereocenters. The molecule has 132 valence electrons. The van der Waals surface area contributed by atoms with Gasteiger partial charge < -0.3 is 15.1 Å². The first kappa shape index (κ1) is 18.5. The van der Waals surface area contributed by atoms with Crippen molar-refractivity contribution < 1.29 is 9.59 Å². The minimum Gasteiger partial charge on any atom is -0.352 e. The lowest BCUT2D eigenvalue weighted by molar-refractivity contribution is -0.121. The first-order valence-corrected chi connectivity index (χ1v) is 8.75. The van der Waals surface area contributed by atoms with E-state index >= 15 is 0 Å². The van der Waals surface area contributed by atoms with Crippen molar-refractivity contribution in [2.24, 2.45) is 0 Å². The molecular weight excluding hydrogens is 302 g/mol. The van der Waals surface area contributed by atoms with Gasteiger partial charge in [-0.1, -0.05) is 18.6 Å². The predicted molar refractivity (Wildman–Crippen MR) is 95.8 cm³/mol. The van der Waals surface area contributed by atoms with Crippen molar-refractivity contribution in [2.75, 3.05) is 27.7 Å². The van der Waals surface area contributed by atoms with Crippen molar-refractivity contribution in [1.29, 1.82) is 0 Å². The predicted octanol–water partition coefficient (Wildman–Crippen LogP) is 2.27. The molecule has 1 aliphatic heterocycles. The van der Waals surface area contributed by atoms with Gasteiger partial charge in [0.25, 0.3) is 5.91 Å². The summed E-state index contributed by atoms with van der Waals surface area (Å²) in [6.45, 7) is 1.60. The minimum absolute atomic E-state index is 0.0245. The molecule has 1 heterocycles. The third kappa shape index (κ3) is 5.34. The van der Waals surface area contributed by atoms with Gasteiger partial charge in [0.1, 0.15) is 0 Å². The summed E-state index contributed by atoms with van der Waals surface area (Å²) in [6, 6.07) is 7.96. The quantitative estimate of drug-likeness (QED) is 0.870. The largest absolute Gasteiger partial charge is 0.352 e. The van der Waals surface area contributed by atoms with Crippen LogP contribution in [0, 0.1) is 0 Å². The molecule has 5 nitrogen and oxygen atoms in total. The Hall–Kier alpha value is -1.88. The Bertz CT molecular complexity index is 571. The molecule has 1 aromatic carbocycles. The lowest BCUT2D eigenvalue weighted by Gasteiger charge is -2.32. The van der Waals surface area contributed by atoms with E-state index in [0.717, 1.165) is 18.5 Å². The van der Waals surface area contributed by atoms with E-state index in [1.165, 1.54) is 19.3 Å². The van der Waals surface area contributed by atoms with Crippen molar-refractivity contribution in [2.45, 2.75) is 44.7 Å². The van der Waals surface area contributed by atoms with Crippen molar-refractivity contribution in [1.82, 2.24) is 15.1 Å². The number of carbonyl (C=O) groups excluding carboxylic acids is 2. The summed E-state index contributed by atoms with van der Waals surface area (Å²) in [4.78, 5) is 28.0. The fourth-order valence-corrected chi connectivity index (χ4v) is 3.17. The maximum absolute atomic E-state index is 12.1. The fraction of sp³-hybridized carbons (Fsp3) is 0.579. The van der Waals surface area contributed by atoms with Crippen LogP contribution in [0.15, 0.2) is 24.3 Å². The first-order valence-electron chi connectivity index (χ1n) is 8.75. The molecule has 24 heavy (non-hydrogen) atoms. The second-order valence-corrected chi connectivity index (χ2v) is 6.85. The van der Waals surface area contributed by atoms with E-state index in [1.54, 1.807) is 25.1 Å². The van der Waals surface area contributed by atoms with Gasteiger partial charge >= 0.3 is 0 Å². The molecule has 0 spiro atoms. The molecule has 2 amide bonds. The average molecular weight is 331 g/mol. The Balaban J connectivity index is 1.79. The molecular formula is C19H29N3O2. The number of likely N-dealkylation sites (tertiary alicyclic amines) is 1. The van der Waals surface area contributed by atoms with Gasteiger partial charge in [-0.2, -0.15) is 0 Å². The van der Waals surface area contributed by atoms with Gasteiger partial charge in [-0.15, -0.1) is 0 Å². The maximum Gasteiger partial charge on any atom is 0.253 e. The molecule has 0 bridgehead atoms. The summed E-state index contributed by atoms with van der Waals surface area (Å²) in [5, 5.41) is 2.97. The molecule has 0 aliphatic carbocycles. The molecule has 1 unspecified atom stereocenters. The number of carbonyl (C=O) groups is 2. The van der Waals surface area contributed by atoms with Gasteiger partial charge in [-0.3, -0.25) is 9.59 Å². The first-order chi connectivity index (χ1) is 11.5. The molecule has 1 N–H and O–H groups in total. The number of rotatable bonds is 6. The van der Waals surface area contributed by atoms with Crippen LogP contribution in [0.4, 0.5) is 0 Å². The molecule has 0 radical (unpaired) electrons. The van der Waals surface area contributed by atoms with E-state index < -0.39 is 0 Å². The van der Waals surface area contributed by atoms with Crippen LogP contribution in [0.3, 0.4) is 0 Å². The third-order valence-electron chi connectivity index (χ3n) is 4.70. The molecule has 2 rings (SSSR count). The number of nitrogens with one attached hydrogen (secondary N) is 1. The number of amides is 2. The van der Waals surface area contributed by atoms with Crippen LogP contribution < -0.4 is 5.32 Å². The average Bonchev–Trinajstić information content (AvgIpc) is 2.58. The van der Waals surface area contributed by atoms with E-state index in [2.05, 4.69) is 17.3 Å². The molecule has 1 aliphatic rings. The van der Waals surface area contributed by atoms with Gasteiger partial charge in [0.15, 0.2) is 0 Å². The van der Waals surface area contributed by atoms with Crippen molar-refractivity contribution in [3.63, 3.8) is 0 Å². The van der Waals surface area contributed by atoms with E-state index in [4.69, 9.17) is 0 Å². The summed E-state index contributed by atoms with van der Waals surface area (Å²) < 4.78 is 0. The monoisotopic (exact) mass is 331 g/mol. The van der Waals surface area contributed by atoms with Crippen molar-refractivity contribution in [3.05, 3.63) is 35.4 Å². The Morgan fingerprint density at radius 2 is 2.08 bits per heavy atom. The van der Waals surface area contributed by atoms with Crippen molar-refractivity contribution >= 4 is 11.8 Å². The number of hydrogen-bond donors (Lipinski definition) is 1. The summed E-state index contributed by atoms with van der Waals surface area (Å²) in [7, 11) is 5.62. The standard InChI is InChI=1S/C19H29N3O2/c1-21(2)19(24)16-8-6-7-15(13-16)14-20-18(23)11-10-17-9-4-5-12-22(17)3/h6-8,13,17H,4-5,9-12,14H2,1-3H3,(H,20,23). The van der Waals surface area contributed by atoms with E-state index in [1.807, 2.05) is 18.2 Å². The molecule has 1 saturated heterocycles. The molecule has 1 fully saturated rings. The Morgan fingerprint density at radius 3 is 2.79 bits per heavy atom. The molecule has 1 aromatic rings. The van der Waals surface area contributed by atoms with Crippen LogP contribution in [0.2, 0.25) is 0 Å². The zero-order valence-corrected chi connectivity index (χ0v) is 15.0. The smallest absolute Gasteiger partial charge is 0.253 e. The number of hydrogen-bond acceptors (Lipinski definition) is 3. The summed E-state index contributed by atoms with van der Waals surface area (Å²) in [5.74, 6) is 0.0572. The highest BCUT2D eigenvalue weighted by Gasteiger charge is 2.19. The SMILES string of the molecule is CN(C)C(=O)c1cccc(CNC(=O)CCC2CCCCN2C)c1. The van der Waals surface area contributed by atoms with Gasteiger partial charge in [0.05, 0.1) is 0 Å².